The Hall–Kier alpha value is -2.36. The van der Waals surface area contributed by atoms with Gasteiger partial charge >= 0.3 is 0 Å². The van der Waals surface area contributed by atoms with Crippen molar-refractivity contribution in [3.63, 3.8) is 0 Å². The molecule has 36 heavy (non-hydrogen) atoms. The molecule has 3 heterocycles. The summed E-state index contributed by atoms with van der Waals surface area (Å²) in [6.07, 6.45) is 4.70. The Bertz CT molecular complexity index is 837. The molecule has 0 aliphatic carbocycles. The molecule has 1 aromatic carbocycles. The number of benzene rings is 1. The van der Waals surface area contributed by atoms with Crippen LogP contribution in [0.1, 0.15) is 42.5 Å². The normalized spacial score (nSPS) is 20.8. The van der Waals surface area contributed by atoms with Crippen LogP contribution in [0.5, 0.6) is 11.5 Å². The quantitative estimate of drug-likeness (QED) is 0.516. The summed E-state index contributed by atoms with van der Waals surface area (Å²) in [6, 6.07) is 5.89. The molecule has 9 nitrogen and oxygen atoms in total. The average molecular weight is 503 g/mol. The van der Waals surface area contributed by atoms with Gasteiger partial charge in [0.25, 0.3) is 5.91 Å². The van der Waals surface area contributed by atoms with Gasteiger partial charge < -0.3 is 29.3 Å². The van der Waals surface area contributed by atoms with Crippen molar-refractivity contribution in [3.05, 3.63) is 23.8 Å². The molecule has 3 saturated heterocycles. The summed E-state index contributed by atoms with van der Waals surface area (Å²) in [5.74, 6) is 1.38. The molecule has 4 rings (SSSR count). The van der Waals surface area contributed by atoms with Crippen LogP contribution in [-0.2, 0) is 9.53 Å². The summed E-state index contributed by atoms with van der Waals surface area (Å²) in [7, 11) is 3.15. The second kappa shape index (κ2) is 13.3. The molecule has 0 spiro atoms. The van der Waals surface area contributed by atoms with E-state index in [0.717, 1.165) is 84.6 Å². The number of hydrogen-bond acceptors (Lipinski definition) is 7. The Morgan fingerprint density at radius 3 is 2.19 bits per heavy atom. The highest BCUT2D eigenvalue weighted by molar-refractivity contribution is 5.99. The minimum absolute atomic E-state index is 0.0354. The van der Waals surface area contributed by atoms with Gasteiger partial charge in [0.2, 0.25) is 5.91 Å². The van der Waals surface area contributed by atoms with Crippen LogP contribution in [0.3, 0.4) is 0 Å². The fourth-order valence-corrected chi connectivity index (χ4v) is 5.66. The molecule has 2 amide bonds. The van der Waals surface area contributed by atoms with Crippen molar-refractivity contribution in [3.8, 4) is 11.5 Å². The number of morpholine rings is 1. The number of nitrogens with zero attached hydrogens (tertiary/aromatic N) is 3. The Kier molecular flexibility index (Phi) is 9.83. The van der Waals surface area contributed by atoms with Crippen LogP contribution in [0.15, 0.2) is 18.2 Å². The summed E-state index contributed by atoms with van der Waals surface area (Å²) >= 11 is 0. The zero-order valence-corrected chi connectivity index (χ0v) is 21.9. The third kappa shape index (κ3) is 6.69. The van der Waals surface area contributed by atoms with E-state index in [1.165, 1.54) is 0 Å². The molecule has 200 valence electrons. The summed E-state index contributed by atoms with van der Waals surface area (Å²) in [6.45, 7) is 8.72. The van der Waals surface area contributed by atoms with E-state index in [9.17, 15) is 9.59 Å². The number of amides is 2. The molecule has 0 radical (unpaired) electrons. The molecular formula is C27H42N4O5. The summed E-state index contributed by atoms with van der Waals surface area (Å²) in [4.78, 5) is 32.8. The Labute approximate surface area is 215 Å². The largest absolute Gasteiger partial charge is 0.496 e. The lowest BCUT2D eigenvalue weighted by molar-refractivity contribution is -0.126. The third-order valence-electron chi connectivity index (χ3n) is 7.86. The standard InChI is InChI=1S/C27H42N4O5/c1-34-23-5-3-6-24(35-2)25(23)27(33)31-15-9-22(10-16-31)30-13-7-21(8-14-30)26(32)28-11-4-12-29-17-19-36-20-18-29/h3,5-6,21-22H,4,7-20H2,1-2H3,(H,28,32). The highest BCUT2D eigenvalue weighted by Crippen LogP contribution is 2.31. The first-order chi connectivity index (χ1) is 17.6. The van der Waals surface area contributed by atoms with Crippen molar-refractivity contribution >= 4 is 11.8 Å². The van der Waals surface area contributed by atoms with Gasteiger partial charge in [-0.3, -0.25) is 14.5 Å². The average Bonchev–Trinajstić information content (AvgIpc) is 2.95. The fraction of sp³-hybridized carbons (Fsp3) is 0.704. The van der Waals surface area contributed by atoms with Crippen LogP contribution in [-0.4, -0.2) is 112 Å². The minimum atomic E-state index is -0.0354. The summed E-state index contributed by atoms with van der Waals surface area (Å²) < 4.78 is 16.2. The molecule has 3 aliphatic rings. The molecule has 0 unspecified atom stereocenters. The van der Waals surface area contributed by atoms with Crippen molar-refractivity contribution < 1.29 is 23.8 Å². The Morgan fingerprint density at radius 1 is 0.944 bits per heavy atom. The number of carbonyl (C=O) groups excluding carboxylic acids is 2. The van der Waals surface area contributed by atoms with E-state index >= 15 is 0 Å². The molecule has 0 bridgehead atoms. The Morgan fingerprint density at radius 2 is 1.58 bits per heavy atom. The molecule has 1 N–H and O–H groups in total. The summed E-state index contributed by atoms with van der Waals surface area (Å²) in [5, 5.41) is 3.16. The third-order valence-corrected chi connectivity index (χ3v) is 7.86. The molecule has 0 saturated carbocycles. The summed E-state index contributed by atoms with van der Waals surface area (Å²) in [5.41, 5.74) is 0.498. The second-order valence-corrected chi connectivity index (χ2v) is 9.97. The van der Waals surface area contributed by atoms with Crippen molar-refractivity contribution in [2.75, 3.05) is 79.8 Å². The monoisotopic (exact) mass is 502 g/mol. The number of carbonyl (C=O) groups is 2. The molecule has 0 atom stereocenters. The molecule has 3 fully saturated rings. The topological polar surface area (TPSA) is 83.6 Å². The van der Waals surface area contributed by atoms with Gasteiger partial charge in [-0.1, -0.05) is 6.07 Å². The van der Waals surface area contributed by atoms with Gasteiger partial charge in [-0.2, -0.15) is 0 Å². The van der Waals surface area contributed by atoms with E-state index in [2.05, 4.69) is 15.1 Å². The number of rotatable bonds is 9. The van der Waals surface area contributed by atoms with E-state index < -0.39 is 0 Å². The van der Waals surface area contributed by atoms with Gasteiger partial charge in [-0.15, -0.1) is 0 Å². The van der Waals surface area contributed by atoms with Gasteiger partial charge in [0.05, 0.1) is 27.4 Å². The first kappa shape index (κ1) is 26.7. The van der Waals surface area contributed by atoms with E-state index in [4.69, 9.17) is 14.2 Å². The predicted octanol–water partition coefficient (Wildman–Crippen LogP) is 1.86. The highest BCUT2D eigenvalue weighted by Gasteiger charge is 2.33. The van der Waals surface area contributed by atoms with Crippen molar-refractivity contribution in [1.29, 1.82) is 0 Å². The van der Waals surface area contributed by atoms with Gasteiger partial charge in [0.1, 0.15) is 17.1 Å². The zero-order chi connectivity index (χ0) is 25.3. The lowest BCUT2D eigenvalue weighted by Crippen LogP contribution is -2.50. The van der Waals surface area contributed by atoms with Crippen molar-refractivity contribution in [2.45, 2.75) is 38.1 Å². The Balaban J connectivity index is 1.17. The van der Waals surface area contributed by atoms with Crippen molar-refractivity contribution in [1.82, 2.24) is 20.0 Å². The van der Waals surface area contributed by atoms with Gasteiger partial charge in [0.15, 0.2) is 0 Å². The minimum Gasteiger partial charge on any atom is -0.496 e. The van der Waals surface area contributed by atoms with Crippen molar-refractivity contribution in [2.24, 2.45) is 5.92 Å². The molecule has 0 aromatic heterocycles. The number of likely N-dealkylation sites (tertiary alicyclic amines) is 2. The van der Waals surface area contributed by atoms with Crippen LogP contribution in [0.4, 0.5) is 0 Å². The SMILES string of the molecule is COc1cccc(OC)c1C(=O)N1CCC(N2CCC(C(=O)NCCCN3CCOCC3)CC2)CC1. The number of ether oxygens (including phenoxy) is 3. The predicted molar refractivity (Wildman–Crippen MR) is 138 cm³/mol. The van der Waals surface area contributed by atoms with E-state index in [1.54, 1.807) is 26.4 Å². The van der Waals surface area contributed by atoms with E-state index in [0.29, 0.717) is 36.2 Å². The lowest BCUT2D eigenvalue weighted by Gasteiger charge is -2.41. The van der Waals surface area contributed by atoms with Crippen LogP contribution >= 0.6 is 0 Å². The van der Waals surface area contributed by atoms with Crippen LogP contribution in [0.25, 0.3) is 0 Å². The van der Waals surface area contributed by atoms with Crippen LogP contribution in [0, 0.1) is 5.92 Å². The van der Waals surface area contributed by atoms with Crippen LogP contribution in [0.2, 0.25) is 0 Å². The number of hydrogen-bond donors (Lipinski definition) is 1. The molecule has 9 heteroatoms. The maximum absolute atomic E-state index is 13.3. The van der Waals surface area contributed by atoms with E-state index in [-0.39, 0.29) is 17.7 Å². The zero-order valence-electron chi connectivity index (χ0n) is 21.9. The van der Waals surface area contributed by atoms with Gasteiger partial charge in [-0.25, -0.2) is 0 Å². The number of piperidine rings is 2. The molecular weight excluding hydrogens is 460 g/mol. The van der Waals surface area contributed by atoms with E-state index in [1.807, 2.05) is 11.0 Å². The second-order valence-electron chi connectivity index (χ2n) is 9.97. The molecule has 1 aromatic rings. The highest BCUT2D eigenvalue weighted by atomic mass is 16.5. The first-order valence-corrected chi connectivity index (χ1v) is 13.4. The van der Waals surface area contributed by atoms with Gasteiger partial charge in [0, 0.05) is 44.7 Å². The fourth-order valence-electron chi connectivity index (χ4n) is 5.66. The molecule has 3 aliphatic heterocycles. The number of nitrogens with one attached hydrogen (secondary N) is 1. The smallest absolute Gasteiger partial charge is 0.261 e. The van der Waals surface area contributed by atoms with Gasteiger partial charge in [-0.05, 0) is 63.9 Å². The maximum atomic E-state index is 13.3. The first-order valence-electron chi connectivity index (χ1n) is 13.4. The number of methoxy groups -OCH3 is 2. The maximum Gasteiger partial charge on any atom is 0.261 e. The lowest BCUT2D eigenvalue weighted by atomic mass is 9.92. The van der Waals surface area contributed by atoms with Crippen LogP contribution < -0.4 is 14.8 Å².